The third kappa shape index (κ3) is 5.83. The van der Waals surface area contributed by atoms with Gasteiger partial charge in [-0.1, -0.05) is 33.6 Å². The van der Waals surface area contributed by atoms with Gasteiger partial charge in [0.2, 0.25) is 0 Å². The summed E-state index contributed by atoms with van der Waals surface area (Å²) in [5, 5.41) is 0. The molecule has 2 heteroatoms. The fourth-order valence-electron chi connectivity index (χ4n) is 3.50. The van der Waals surface area contributed by atoms with Gasteiger partial charge in [-0.2, -0.15) is 0 Å². The summed E-state index contributed by atoms with van der Waals surface area (Å²) in [5.74, 6) is 1.99. The minimum Gasteiger partial charge on any atom is -0.306 e. The van der Waals surface area contributed by atoms with E-state index in [1.807, 2.05) is 13.8 Å². The van der Waals surface area contributed by atoms with E-state index >= 15 is 0 Å². The normalized spacial score (nSPS) is 30.0. The first-order chi connectivity index (χ1) is 9.15. The van der Waals surface area contributed by atoms with Crippen molar-refractivity contribution in [1.29, 1.82) is 0 Å². The maximum atomic E-state index is 2.72. The van der Waals surface area contributed by atoms with Crippen LogP contribution >= 0.6 is 0 Å². The Morgan fingerprint density at radius 3 is 1.89 bits per heavy atom. The van der Waals surface area contributed by atoms with E-state index in [2.05, 4.69) is 30.8 Å². The van der Waals surface area contributed by atoms with Gasteiger partial charge in [-0.3, -0.25) is 0 Å². The zero-order chi connectivity index (χ0) is 14.3. The topological polar surface area (TPSA) is 6.48 Å². The van der Waals surface area contributed by atoms with Crippen LogP contribution in [0.5, 0.6) is 0 Å². The van der Waals surface area contributed by atoms with Crippen LogP contribution in [0.2, 0.25) is 0 Å². The van der Waals surface area contributed by atoms with Gasteiger partial charge in [0.1, 0.15) is 0 Å². The summed E-state index contributed by atoms with van der Waals surface area (Å²) in [7, 11) is 4.45. The Labute approximate surface area is 121 Å². The Hall–Kier alpha value is -0.0800. The molecule has 0 aromatic rings. The standard InChI is InChI=1S/C15H30N2.C2H6/c1-13-4-6-14(7-5-13)12-17-10-8-15(9-11-17)16(2)3;1-2/h13-15H,4-12H2,1-3H3;1-2H3. The maximum Gasteiger partial charge on any atom is 0.0113 e. The summed E-state index contributed by atoms with van der Waals surface area (Å²) in [6, 6.07) is 0.831. The highest BCUT2D eigenvalue weighted by atomic mass is 15.2. The molecule has 2 aliphatic rings. The second-order valence-corrected chi connectivity index (χ2v) is 6.62. The van der Waals surface area contributed by atoms with Crippen molar-refractivity contribution in [3.8, 4) is 0 Å². The Morgan fingerprint density at radius 1 is 0.895 bits per heavy atom. The SMILES string of the molecule is CC.CC1CCC(CN2CCC(N(C)C)CC2)CC1. The lowest BCUT2D eigenvalue weighted by molar-refractivity contribution is 0.116. The highest BCUT2D eigenvalue weighted by molar-refractivity contribution is 4.80. The van der Waals surface area contributed by atoms with Crippen molar-refractivity contribution in [2.45, 2.75) is 65.3 Å². The molecule has 0 radical (unpaired) electrons. The van der Waals surface area contributed by atoms with E-state index in [9.17, 15) is 0 Å². The Bertz CT molecular complexity index is 211. The molecule has 19 heavy (non-hydrogen) atoms. The number of likely N-dealkylation sites (tertiary alicyclic amines) is 1. The minimum absolute atomic E-state index is 0.831. The van der Waals surface area contributed by atoms with E-state index in [1.165, 1.54) is 58.2 Å². The third-order valence-corrected chi connectivity index (χ3v) is 4.94. The Morgan fingerprint density at radius 2 is 1.42 bits per heavy atom. The van der Waals surface area contributed by atoms with Crippen LogP contribution in [0.25, 0.3) is 0 Å². The molecule has 1 aliphatic heterocycles. The summed E-state index contributed by atoms with van der Waals surface area (Å²) < 4.78 is 0. The fraction of sp³-hybridized carbons (Fsp3) is 1.00. The van der Waals surface area contributed by atoms with E-state index in [1.54, 1.807) is 0 Å². The first-order valence-electron chi connectivity index (χ1n) is 8.54. The quantitative estimate of drug-likeness (QED) is 0.767. The Balaban J connectivity index is 0.000000861. The van der Waals surface area contributed by atoms with E-state index in [-0.39, 0.29) is 0 Å². The molecule has 114 valence electrons. The van der Waals surface area contributed by atoms with Crippen LogP contribution in [0.15, 0.2) is 0 Å². The molecule has 2 nitrogen and oxygen atoms in total. The summed E-state index contributed by atoms with van der Waals surface area (Å²) in [4.78, 5) is 5.13. The van der Waals surface area contributed by atoms with E-state index < -0.39 is 0 Å². The number of rotatable bonds is 3. The zero-order valence-electron chi connectivity index (χ0n) is 14.0. The lowest BCUT2D eigenvalue weighted by atomic mass is 9.82. The molecule has 2 rings (SSSR count). The van der Waals surface area contributed by atoms with Gasteiger partial charge in [0, 0.05) is 12.6 Å². The molecule has 2 fully saturated rings. The van der Waals surface area contributed by atoms with Crippen molar-refractivity contribution >= 4 is 0 Å². The highest BCUT2D eigenvalue weighted by Crippen LogP contribution is 2.29. The molecule has 0 aromatic heterocycles. The van der Waals surface area contributed by atoms with Crippen molar-refractivity contribution in [2.75, 3.05) is 33.7 Å². The number of nitrogens with zero attached hydrogens (tertiary/aromatic N) is 2. The number of hydrogen-bond acceptors (Lipinski definition) is 2. The Kier molecular flexibility index (Phi) is 8.01. The molecule has 0 amide bonds. The van der Waals surface area contributed by atoms with Gasteiger partial charge in [-0.15, -0.1) is 0 Å². The van der Waals surface area contributed by atoms with Crippen molar-refractivity contribution < 1.29 is 0 Å². The van der Waals surface area contributed by atoms with Crippen LogP contribution in [0.4, 0.5) is 0 Å². The monoisotopic (exact) mass is 268 g/mol. The fourth-order valence-corrected chi connectivity index (χ4v) is 3.50. The van der Waals surface area contributed by atoms with Crippen LogP contribution in [0.1, 0.15) is 59.3 Å². The molecule has 0 atom stereocenters. The predicted octanol–water partition coefficient (Wildman–Crippen LogP) is 3.86. The summed E-state index contributed by atoms with van der Waals surface area (Å²) in [6.07, 6.45) is 8.65. The van der Waals surface area contributed by atoms with Gasteiger partial charge >= 0.3 is 0 Å². The van der Waals surface area contributed by atoms with Gasteiger partial charge in [-0.25, -0.2) is 0 Å². The van der Waals surface area contributed by atoms with Crippen LogP contribution < -0.4 is 0 Å². The maximum absolute atomic E-state index is 2.72. The third-order valence-electron chi connectivity index (χ3n) is 4.94. The predicted molar refractivity (Wildman–Crippen MR) is 85.6 cm³/mol. The summed E-state index contributed by atoms with van der Waals surface area (Å²) in [6.45, 7) is 10.5. The van der Waals surface area contributed by atoms with Crippen LogP contribution in [0.3, 0.4) is 0 Å². The van der Waals surface area contributed by atoms with Crippen molar-refractivity contribution in [3.05, 3.63) is 0 Å². The first-order valence-corrected chi connectivity index (χ1v) is 8.54. The summed E-state index contributed by atoms with van der Waals surface area (Å²) in [5.41, 5.74) is 0. The van der Waals surface area contributed by atoms with E-state index in [0.29, 0.717) is 0 Å². The lowest BCUT2D eigenvalue weighted by Crippen LogP contribution is -2.43. The minimum atomic E-state index is 0.831. The second-order valence-electron chi connectivity index (χ2n) is 6.62. The number of hydrogen-bond donors (Lipinski definition) is 0. The molecule has 1 heterocycles. The highest BCUT2D eigenvalue weighted by Gasteiger charge is 2.24. The summed E-state index contributed by atoms with van der Waals surface area (Å²) >= 11 is 0. The smallest absolute Gasteiger partial charge is 0.0113 e. The molecular weight excluding hydrogens is 232 g/mol. The van der Waals surface area contributed by atoms with Crippen LogP contribution in [-0.2, 0) is 0 Å². The molecule has 1 aliphatic carbocycles. The molecule has 0 unspecified atom stereocenters. The van der Waals surface area contributed by atoms with E-state index in [4.69, 9.17) is 0 Å². The zero-order valence-corrected chi connectivity index (χ0v) is 14.0. The van der Waals surface area contributed by atoms with Gasteiger partial charge in [-0.05, 0) is 64.7 Å². The van der Waals surface area contributed by atoms with Crippen LogP contribution in [-0.4, -0.2) is 49.6 Å². The van der Waals surface area contributed by atoms with Gasteiger partial charge < -0.3 is 9.80 Å². The van der Waals surface area contributed by atoms with Gasteiger partial charge in [0.15, 0.2) is 0 Å². The molecule has 0 aromatic carbocycles. The van der Waals surface area contributed by atoms with Gasteiger partial charge in [0.25, 0.3) is 0 Å². The first kappa shape index (κ1) is 17.0. The molecule has 0 spiro atoms. The van der Waals surface area contributed by atoms with Crippen LogP contribution in [0, 0.1) is 11.8 Å². The lowest BCUT2D eigenvalue weighted by Gasteiger charge is -2.38. The molecule has 1 saturated heterocycles. The van der Waals surface area contributed by atoms with E-state index in [0.717, 1.165) is 17.9 Å². The average molecular weight is 268 g/mol. The van der Waals surface area contributed by atoms with Crippen molar-refractivity contribution in [3.63, 3.8) is 0 Å². The average Bonchev–Trinajstić information content (AvgIpc) is 2.44. The second kappa shape index (κ2) is 8.97. The molecular formula is C17H36N2. The largest absolute Gasteiger partial charge is 0.306 e. The molecule has 1 saturated carbocycles. The van der Waals surface area contributed by atoms with Crippen molar-refractivity contribution in [2.24, 2.45) is 11.8 Å². The number of piperidine rings is 1. The molecule has 0 bridgehead atoms. The molecule has 0 N–H and O–H groups in total. The van der Waals surface area contributed by atoms with Gasteiger partial charge in [0.05, 0.1) is 0 Å². The van der Waals surface area contributed by atoms with Crippen molar-refractivity contribution in [1.82, 2.24) is 9.80 Å².